The smallest absolute Gasteiger partial charge is 0.201 e. The van der Waals surface area contributed by atoms with Gasteiger partial charge in [0.15, 0.2) is 0 Å². The van der Waals surface area contributed by atoms with Crippen LogP contribution in [0, 0.1) is 0 Å². The fourth-order valence-electron chi connectivity index (χ4n) is 4.24. The molecule has 0 saturated heterocycles. The van der Waals surface area contributed by atoms with E-state index in [0.29, 0.717) is 49.0 Å². The molecule has 2 aliphatic rings. The lowest BCUT2D eigenvalue weighted by molar-refractivity contribution is 0.0223. The van der Waals surface area contributed by atoms with E-state index >= 15 is 0 Å². The minimum Gasteiger partial charge on any atom is -0.507 e. The molecule has 0 spiro atoms. The molecule has 0 amide bonds. The molecule has 2 N–H and O–H groups in total. The summed E-state index contributed by atoms with van der Waals surface area (Å²) in [6, 6.07) is 7.59. The predicted molar refractivity (Wildman–Crippen MR) is 94.6 cm³/mol. The number of ketones is 1. The van der Waals surface area contributed by atoms with Crippen LogP contribution in [0.25, 0.3) is 0 Å². The lowest BCUT2D eigenvalue weighted by Gasteiger charge is -2.34. The molecule has 25 heavy (non-hydrogen) atoms. The first kappa shape index (κ1) is 16.2. The van der Waals surface area contributed by atoms with E-state index in [0.717, 1.165) is 22.3 Å². The van der Waals surface area contributed by atoms with Crippen LogP contribution in [0.5, 0.6) is 11.5 Å². The molecule has 0 aromatic heterocycles. The number of hydrogen-bond acceptors (Lipinski definition) is 4. The summed E-state index contributed by atoms with van der Waals surface area (Å²) in [5, 5.41) is 21.5. The van der Waals surface area contributed by atoms with E-state index in [1.165, 1.54) is 0 Å². The Balaban J connectivity index is 1.87. The van der Waals surface area contributed by atoms with Gasteiger partial charge in [-0.1, -0.05) is 25.1 Å². The Hall–Kier alpha value is -2.33. The maximum atomic E-state index is 13.1. The van der Waals surface area contributed by atoms with E-state index in [1.54, 1.807) is 13.2 Å². The van der Waals surface area contributed by atoms with E-state index in [-0.39, 0.29) is 11.5 Å². The number of carbonyl (C=O) groups excluding carboxylic acids is 1. The van der Waals surface area contributed by atoms with E-state index < -0.39 is 5.60 Å². The van der Waals surface area contributed by atoms with Crippen LogP contribution in [0.1, 0.15) is 57.9 Å². The maximum absolute atomic E-state index is 13.1. The fourth-order valence-corrected chi connectivity index (χ4v) is 4.24. The van der Waals surface area contributed by atoms with Crippen molar-refractivity contribution in [2.45, 2.75) is 44.6 Å². The standard InChI is InChI=1S/C21H22O4/c1-3-21(24)8-7-15-14(11-21)10-13-9-12-5-4-6-16(25-2)17(12)20(23)18(13)19(15)22/h4-6,10,22,24H,3,7-9,11H2,1-2H3/t21-/m1/s1. The highest BCUT2D eigenvalue weighted by atomic mass is 16.5. The van der Waals surface area contributed by atoms with E-state index in [9.17, 15) is 15.0 Å². The van der Waals surface area contributed by atoms with Crippen LogP contribution in [0.3, 0.4) is 0 Å². The van der Waals surface area contributed by atoms with Crippen molar-refractivity contribution >= 4 is 5.78 Å². The molecule has 0 fully saturated rings. The van der Waals surface area contributed by atoms with Gasteiger partial charge >= 0.3 is 0 Å². The van der Waals surface area contributed by atoms with Gasteiger partial charge in [-0.3, -0.25) is 4.79 Å². The van der Waals surface area contributed by atoms with Gasteiger partial charge in [0, 0.05) is 6.42 Å². The molecule has 130 valence electrons. The number of ether oxygens (including phenoxy) is 1. The zero-order chi connectivity index (χ0) is 17.8. The van der Waals surface area contributed by atoms with Crippen LogP contribution >= 0.6 is 0 Å². The normalized spacial score (nSPS) is 21.3. The lowest BCUT2D eigenvalue weighted by atomic mass is 9.74. The highest BCUT2D eigenvalue weighted by molar-refractivity contribution is 6.15. The van der Waals surface area contributed by atoms with Crippen LogP contribution in [0.15, 0.2) is 24.3 Å². The maximum Gasteiger partial charge on any atom is 0.201 e. The number of benzene rings is 2. The van der Waals surface area contributed by atoms with Gasteiger partial charge in [0.25, 0.3) is 0 Å². The van der Waals surface area contributed by atoms with Gasteiger partial charge in [-0.15, -0.1) is 0 Å². The molecule has 0 radical (unpaired) electrons. The summed E-state index contributed by atoms with van der Waals surface area (Å²) in [6.07, 6.45) is 2.99. The van der Waals surface area contributed by atoms with Crippen LogP contribution in [-0.2, 0) is 19.3 Å². The van der Waals surface area contributed by atoms with Crippen molar-refractivity contribution in [3.63, 3.8) is 0 Å². The van der Waals surface area contributed by atoms with Crippen molar-refractivity contribution in [3.8, 4) is 11.5 Å². The molecule has 1 atom stereocenters. The first-order chi connectivity index (χ1) is 12.0. The first-order valence-corrected chi connectivity index (χ1v) is 8.77. The van der Waals surface area contributed by atoms with Gasteiger partial charge in [0.05, 0.1) is 23.8 Å². The van der Waals surface area contributed by atoms with Gasteiger partial charge in [-0.25, -0.2) is 0 Å². The summed E-state index contributed by atoms with van der Waals surface area (Å²) >= 11 is 0. The summed E-state index contributed by atoms with van der Waals surface area (Å²) in [6.45, 7) is 1.98. The van der Waals surface area contributed by atoms with Crippen LogP contribution in [0.2, 0.25) is 0 Å². The summed E-state index contributed by atoms with van der Waals surface area (Å²) < 4.78 is 5.36. The first-order valence-electron chi connectivity index (χ1n) is 8.77. The van der Waals surface area contributed by atoms with E-state index in [1.807, 2.05) is 25.1 Å². The van der Waals surface area contributed by atoms with Crippen LogP contribution in [0.4, 0.5) is 0 Å². The minimum absolute atomic E-state index is 0.0900. The van der Waals surface area contributed by atoms with Gasteiger partial charge < -0.3 is 14.9 Å². The Kier molecular flexibility index (Phi) is 3.62. The highest BCUT2D eigenvalue weighted by Gasteiger charge is 2.36. The monoisotopic (exact) mass is 338 g/mol. The average molecular weight is 338 g/mol. The van der Waals surface area contributed by atoms with E-state index in [2.05, 4.69) is 0 Å². The zero-order valence-corrected chi connectivity index (χ0v) is 14.6. The van der Waals surface area contributed by atoms with Crippen molar-refractivity contribution in [1.82, 2.24) is 0 Å². The number of fused-ring (bicyclic) bond motifs is 3. The number of phenols is 1. The van der Waals surface area contributed by atoms with Crippen molar-refractivity contribution in [2.75, 3.05) is 7.11 Å². The number of rotatable bonds is 2. The number of phenolic OH excluding ortho intramolecular Hbond substituents is 1. The Morgan fingerprint density at radius 1 is 1.20 bits per heavy atom. The zero-order valence-electron chi connectivity index (χ0n) is 14.6. The third-order valence-corrected chi connectivity index (χ3v) is 5.77. The minimum atomic E-state index is -0.715. The number of aromatic hydroxyl groups is 1. The second-order valence-corrected chi connectivity index (χ2v) is 7.15. The molecular formula is C21H22O4. The van der Waals surface area contributed by atoms with Crippen molar-refractivity contribution in [2.24, 2.45) is 0 Å². The SMILES string of the molecule is CC[C@@]1(O)CCc2c(cc3c(c2O)C(=O)c2c(cccc2OC)C3)C1. The molecule has 0 unspecified atom stereocenters. The molecule has 0 bridgehead atoms. The molecule has 0 heterocycles. The summed E-state index contributed by atoms with van der Waals surface area (Å²) in [5.74, 6) is 0.461. The Morgan fingerprint density at radius 2 is 2.00 bits per heavy atom. The largest absolute Gasteiger partial charge is 0.507 e. The van der Waals surface area contributed by atoms with Crippen molar-refractivity contribution < 1.29 is 19.7 Å². The van der Waals surface area contributed by atoms with Crippen LogP contribution < -0.4 is 4.74 Å². The van der Waals surface area contributed by atoms with Crippen molar-refractivity contribution in [3.05, 3.63) is 57.6 Å². The summed E-state index contributed by atoms with van der Waals surface area (Å²) in [7, 11) is 1.55. The Labute approximate surface area is 147 Å². The van der Waals surface area contributed by atoms with Gasteiger partial charge in [0.1, 0.15) is 11.5 Å². The van der Waals surface area contributed by atoms with Crippen LogP contribution in [-0.4, -0.2) is 28.7 Å². The molecule has 0 saturated carbocycles. The average Bonchev–Trinajstić information content (AvgIpc) is 2.60. The molecule has 4 rings (SSSR count). The topological polar surface area (TPSA) is 66.8 Å². The molecule has 2 aliphatic carbocycles. The molecule has 2 aromatic rings. The molecular weight excluding hydrogens is 316 g/mol. The second-order valence-electron chi connectivity index (χ2n) is 7.15. The number of aliphatic hydroxyl groups is 1. The lowest BCUT2D eigenvalue weighted by Crippen LogP contribution is -2.35. The Morgan fingerprint density at radius 3 is 2.72 bits per heavy atom. The van der Waals surface area contributed by atoms with Gasteiger partial charge in [-0.05, 0) is 54.0 Å². The van der Waals surface area contributed by atoms with E-state index in [4.69, 9.17) is 4.74 Å². The Bertz CT molecular complexity index is 884. The van der Waals surface area contributed by atoms with Crippen molar-refractivity contribution in [1.29, 1.82) is 0 Å². The molecule has 4 heteroatoms. The molecule has 0 aliphatic heterocycles. The number of methoxy groups -OCH3 is 1. The molecule has 2 aromatic carbocycles. The molecule has 4 nitrogen and oxygen atoms in total. The highest BCUT2D eigenvalue weighted by Crippen LogP contribution is 2.43. The third-order valence-electron chi connectivity index (χ3n) is 5.77. The predicted octanol–water partition coefficient (Wildman–Crippen LogP) is 3.17. The summed E-state index contributed by atoms with van der Waals surface area (Å²) in [4.78, 5) is 13.1. The quantitative estimate of drug-likeness (QED) is 0.753. The third kappa shape index (κ3) is 2.35. The van der Waals surface area contributed by atoms with Gasteiger partial charge in [0.2, 0.25) is 5.78 Å². The number of hydrogen-bond donors (Lipinski definition) is 2. The number of carbonyl (C=O) groups is 1. The second kappa shape index (κ2) is 5.60. The van der Waals surface area contributed by atoms with Gasteiger partial charge in [-0.2, -0.15) is 0 Å². The fraction of sp³-hybridized carbons (Fsp3) is 0.381. The summed E-state index contributed by atoms with van der Waals surface area (Å²) in [5.41, 5.74) is 3.76.